The minimum absolute atomic E-state index is 0.221. The van der Waals surface area contributed by atoms with Crippen molar-refractivity contribution in [1.29, 1.82) is 0 Å². The molecule has 2 aromatic rings. The maximum Gasteiger partial charge on any atom is 0.329 e. The van der Waals surface area contributed by atoms with Gasteiger partial charge in [0.05, 0.1) is 11.0 Å². The summed E-state index contributed by atoms with van der Waals surface area (Å²) < 4.78 is 3.08. The number of hydrogen-bond acceptors (Lipinski definition) is 4. The normalized spacial score (nSPS) is 11.6. The molecule has 1 aromatic heterocycles. The average molecular weight is 377 g/mol. The van der Waals surface area contributed by atoms with Crippen LogP contribution in [0.3, 0.4) is 0 Å². The van der Waals surface area contributed by atoms with Gasteiger partial charge in [-0.3, -0.25) is 13.9 Å². The number of carbonyl (C=O) groups is 2. The van der Waals surface area contributed by atoms with Gasteiger partial charge in [-0.15, -0.1) is 0 Å². The maximum atomic E-state index is 12.8. The Balaban J connectivity index is 0.00000176. The zero-order valence-corrected chi connectivity index (χ0v) is 17.0. The molecule has 0 saturated carbocycles. The van der Waals surface area contributed by atoms with Crippen LogP contribution in [0.1, 0.15) is 51.6 Å². The number of fused-ring (bicyclic) bond motifs is 1. The lowest BCUT2D eigenvalue weighted by atomic mass is 10.1. The van der Waals surface area contributed by atoms with Crippen LogP contribution in [0.4, 0.5) is 0 Å². The summed E-state index contributed by atoms with van der Waals surface area (Å²) in [5.41, 5.74) is 2.28. The summed E-state index contributed by atoms with van der Waals surface area (Å²) in [6.45, 7) is 7.65. The molecule has 7 heteroatoms. The smallest absolute Gasteiger partial charge is 0.329 e. The quantitative estimate of drug-likeness (QED) is 0.519. The Morgan fingerprint density at radius 1 is 1.30 bits per heavy atom. The first-order chi connectivity index (χ1) is 13.1. The van der Waals surface area contributed by atoms with E-state index in [1.54, 1.807) is 11.6 Å². The highest BCUT2D eigenvalue weighted by molar-refractivity contribution is 5.85. The van der Waals surface area contributed by atoms with E-state index < -0.39 is 6.04 Å². The van der Waals surface area contributed by atoms with Crippen molar-refractivity contribution in [1.82, 2.24) is 19.8 Å². The monoisotopic (exact) mass is 376 g/mol. The van der Waals surface area contributed by atoms with Crippen molar-refractivity contribution in [3.63, 3.8) is 0 Å². The molecule has 27 heavy (non-hydrogen) atoms. The number of benzene rings is 1. The van der Waals surface area contributed by atoms with Crippen molar-refractivity contribution in [2.75, 3.05) is 13.6 Å². The second kappa shape index (κ2) is 11.3. The summed E-state index contributed by atoms with van der Waals surface area (Å²) in [7, 11) is 3.25. The van der Waals surface area contributed by atoms with Crippen molar-refractivity contribution >= 4 is 23.2 Å². The number of likely N-dealkylation sites (N-methyl/N-ethyl adjacent to an activating group) is 1. The van der Waals surface area contributed by atoms with Gasteiger partial charge >= 0.3 is 5.69 Å². The fourth-order valence-electron chi connectivity index (χ4n) is 3.13. The van der Waals surface area contributed by atoms with E-state index in [0.717, 1.165) is 30.3 Å². The average Bonchev–Trinajstić information content (AvgIpc) is 2.95. The fourth-order valence-corrected chi connectivity index (χ4v) is 3.13. The molecule has 1 aromatic carbocycles. The second-order valence-electron chi connectivity index (χ2n) is 6.05. The molecule has 150 valence electrons. The van der Waals surface area contributed by atoms with Gasteiger partial charge in [0.25, 0.3) is 0 Å². The highest BCUT2D eigenvalue weighted by Crippen LogP contribution is 2.23. The van der Waals surface area contributed by atoms with Gasteiger partial charge in [0.15, 0.2) is 0 Å². The van der Waals surface area contributed by atoms with E-state index in [2.05, 4.69) is 17.6 Å². The molecule has 0 saturated heterocycles. The van der Waals surface area contributed by atoms with Crippen LogP contribution >= 0.6 is 0 Å². The first-order valence-corrected chi connectivity index (χ1v) is 9.61. The first-order valence-electron chi connectivity index (χ1n) is 9.61. The van der Waals surface area contributed by atoms with Crippen molar-refractivity contribution in [2.45, 2.75) is 52.6 Å². The Hall–Kier alpha value is -2.41. The molecule has 0 aliphatic carbocycles. The highest BCUT2D eigenvalue weighted by Gasteiger charge is 2.25. The van der Waals surface area contributed by atoms with Gasteiger partial charge in [0.2, 0.25) is 5.91 Å². The number of nitrogens with one attached hydrogen (secondary N) is 2. The molecule has 2 rings (SSSR count). The van der Waals surface area contributed by atoms with E-state index in [-0.39, 0.29) is 18.0 Å². The molecular weight excluding hydrogens is 344 g/mol. The van der Waals surface area contributed by atoms with Crippen molar-refractivity contribution in [3.05, 3.63) is 34.2 Å². The standard InChI is InChI=1S/C18H26N4O3.C2H6/c1-4-10-20-12-13-7-5-8-14-16(13)21(3)18(25)22(14)15(9-6-11-23)17(24)19-2;1-2/h5,7-8,11,15,20H,4,6,9-10,12H2,1-3H3,(H,19,24);1-2H3. The van der Waals surface area contributed by atoms with Crippen LogP contribution < -0.4 is 16.3 Å². The summed E-state index contributed by atoms with van der Waals surface area (Å²) in [5.74, 6) is -0.272. The SMILES string of the molecule is CC.CCCNCc1cccc2c1n(C)c(=O)n2C(CCC=O)C(=O)NC. The van der Waals surface area contributed by atoms with Crippen LogP contribution in [-0.2, 0) is 23.2 Å². The largest absolute Gasteiger partial charge is 0.357 e. The number of rotatable bonds is 9. The van der Waals surface area contributed by atoms with E-state index in [1.165, 1.54) is 11.6 Å². The summed E-state index contributed by atoms with van der Waals surface area (Å²) in [6.07, 6.45) is 2.31. The Kier molecular flexibility index (Phi) is 9.50. The Morgan fingerprint density at radius 3 is 2.59 bits per heavy atom. The number of aryl methyl sites for hydroxylation is 1. The molecular formula is C20H32N4O3. The minimum Gasteiger partial charge on any atom is -0.357 e. The van der Waals surface area contributed by atoms with Crippen LogP contribution in [0.25, 0.3) is 11.0 Å². The van der Waals surface area contributed by atoms with Gasteiger partial charge in [-0.05, 0) is 31.0 Å². The lowest BCUT2D eigenvalue weighted by Gasteiger charge is -2.16. The Labute approximate surface area is 160 Å². The lowest BCUT2D eigenvalue weighted by Crippen LogP contribution is -2.36. The lowest BCUT2D eigenvalue weighted by molar-refractivity contribution is -0.124. The molecule has 0 bridgehead atoms. The molecule has 7 nitrogen and oxygen atoms in total. The van der Waals surface area contributed by atoms with Gasteiger partial charge in [-0.1, -0.05) is 32.9 Å². The van der Waals surface area contributed by atoms with Crippen LogP contribution in [0, 0.1) is 0 Å². The third-order valence-electron chi connectivity index (χ3n) is 4.35. The first kappa shape index (κ1) is 22.6. The zero-order valence-electron chi connectivity index (χ0n) is 17.0. The zero-order chi connectivity index (χ0) is 20.4. The number of aldehydes is 1. The predicted molar refractivity (Wildman–Crippen MR) is 109 cm³/mol. The third kappa shape index (κ3) is 5.07. The minimum atomic E-state index is -0.703. The van der Waals surface area contributed by atoms with Crippen LogP contribution in [-0.4, -0.2) is 34.9 Å². The summed E-state index contributed by atoms with van der Waals surface area (Å²) >= 11 is 0. The van der Waals surface area contributed by atoms with Gasteiger partial charge in [0, 0.05) is 27.1 Å². The van der Waals surface area contributed by atoms with E-state index in [0.29, 0.717) is 18.5 Å². The van der Waals surface area contributed by atoms with Crippen LogP contribution in [0.5, 0.6) is 0 Å². The molecule has 2 N–H and O–H groups in total. The summed E-state index contributed by atoms with van der Waals surface area (Å²) in [6, 6.07) is 5.01. The van der Waals surface area contributed by atoms with Crippen molar-refractivity contribution in [3.8, 4) is 0 Å². The number of nitrogens with zero attached hydrogens (tertiary/aromatic N) is 2. The Morgan fingerprint density at radius 2 is 2.00 bits per heavy atom. The number of imidazole rings is 1. The summed E-state index contributed by atoms with van der Waals surface area (Å²) in [5, 5.41) is 5.94. The van der Waals surface area contributed by atoms with Gasteiger partial charge < -0.3 is 15.4 Å². The highest BCUT2D eigenvalue weighted by atomic mass is 16.2. The molecule has 0 fully saturated rings. The van der Waals surface area contributed by atoms with Crippen LogP contribution in [0.2, 0.25) is 0 Å². The molecule has 1 heterocycles. The van der Waals surface area contributed by atoms with E-state index >= 15 is 0 Å². The molecule has 0 aliphatic rings. The number of hydrogen-bond donors (Lipinski definition) is 2. The van der Waals surface area contributed by atoms with E-state index in [1.807, 2.05) is 32.0 Å². The third-order valence-corrected chi connectivity index (χ3v) is 4.35. The van der Waals surface area contributed by atoms with Crippen LogP contribution in [0.15, 0.2) is 23.0 Å². The topological polar surface area (TPSA) is 85.1 Å². The van der Waals surface area contributed by atoms with Gasteiger partial charge in [-0.2, -0.15) is 0 Å². The van der Waals surface area contributed by atoms with E-state index in [4.69, 9.17) is 0 Å². The number of para-hydroxylation sites is 1. The van der Waals surface area contributed by atoms with Gasteiger partial charge in [-0.25, -0.2) is 4.79 Å². The fraction of sp³-hybridized carbons (Fsp3) is 0.550. The number of aromatic nitrogens is 2. The predicted octanol–water partition coefficient (Wildman–Crippen LogP) is 2.13. The van der Waals surface area contributed by atoms with Gasteiger partial charge in [0.1, 0.15) is 12.3 Å². The van der Waals surface area contributed by atoms with Crippen molar-refractivity contribution < 1.29 is 9.59 Å². The van der Waals surface area contributed by atoms with Crippen molar-refractivity contribution in [2.24, 2.45) is 7.05 Å². The maximum absolute atomic E-state index is 12.8. The molecule has 1 atom stereocenters. The second-order valence-corrected chi connectivity index (χ2v) is 6.05. The number of carbonyl (C=O) groups excluding carboxylic acids is 2. The molecule has 0 spiro atoms. The Bertz CT molecular complexity index is 807. The molecule has 0 aliphatic heterocycles. The van der Waals surface area contributed by atoms with E-state index in [9.17, 15) is 14.4 Å². The molecule has 1 amide bonds. The molecule has 0 radical (unpaired) electrons. The number of amides is 1. The summed E-state index contributed by atoms with van der Waals surface area (Å²) in [4.78, 5) is 35.9. The molecule has 1 unspecified atom stereocenters.